The van der Waals surface area contributed by atoms with Crippen LogP contribution in [0.2, 0.25) is 0 Å². The van der Waals surface area contributed by atoms with Crippen LogP contribution >= 0.6 is 27.5 Å². The summed E-state index contributed by atoms with van der Waals surface area (Å²) in [4.78, 5) is 8.02. The van der Waals surface area contributed by atoms with Gasteiger partial charge in [0.25, 0.3) is 0 Å². The largest absolute Gasteiger partial charge is 0.236 e. The predicted octanol–water partition coefficient (Wildman–Crippen LogP) is 2.49. The Bertz CT molecular complexity index is 245. The number of allylic oxidation sites excluding steroid dienone is 1. The molecule has 0 unspecified atom stereocenters. The van der Waals surface area contributed by atoms with Crippen molar-refractivity contribution in [2.24, 2.45) is 0 Å². The monoisotopic (exact) mass is 232 g/mol. The molecular weight excluding hydrogens is 227 g/mol. The molecule has 2 nitrogen and oxygen atoms in total. The molecule has 1 aromatic rings. The maximum absolute atomic E-state index is 5.43. The first-order valence-electron chi connectivity index (χ1n) is 3.03. The zero-order valence-corrected chi connectivity index (χ0v) is 8.01. The summed E-state index contributed by atoms with van der Waals surface area (Å²) in [5, 5.41) is 0. The fourth-order valence-corrected chi connectivity index (χ4v) is 0.852. The number of nitrogens with zero attached hydrogens (tertiary/aromatic N) is 2. The maximum Gasteiger partial charge on any atom is 0.151 e. The molecule has 0 aliphatic carbocycles. The summed E-state index contributed by atoms with van der Waals surface area (Å²) in [6.07, 6.45) is 6.96. The average molecular weight is 233 g/mol. The Morgan fingerprint density at radius 3 is 2.64 bits per heavy atom. The van der Waals surface area contributed by atoms with Gasteiger partial charge in [-0.3, -0.25) is 0 Å². The third-order valence-corrected chi connectivity index (χ3v) is 1.58. The van der Waals surface area contributed by atoms with Gasteiger partial charge in [-0.05, 0) is 22.0 Å². The van der Waals surface area contributed by atoms with Crippen molar-refractivity contribution in [3.05, 3.63) is 28.8 Å². The molecule has 0 saturated heterocycles. The summed E-state index contributed by atoms with van der Waals surface area (Å²) in [7, 11) is 0. The molecule has 0 spiro atoms. The highest BCUT2D eigenvalue weighted by Crippen LogP contribution is 2.04. The molecule has 4 heteroatoms. The van der Waals surface area contributed by atoms with Gasteiger partial charge in [-0.2, -0.15) is 0 Å². The minimum atomic E-state index is 0.486. The Morgan fingerprint density at radius 1 is 1.45 bits per heavy atom. The second-order valence-electron chi connectivity index (χ2n) is 1.82. The van der Waals surface area contributed by atoms with Gasteiger partial charge in [0.15, 0.2) is 5.82 Å². The Balaban J connectivity index is 2.73. The normalized spacial score (nSPS) is 10.7. The van der Waals surface area contributed by atoms with Gasteiger partial charge in [-0.15, -0.1) is 11.6 Å². The summed E-state index contributed by atoms with van der Waals surface area (Å²) < 4.78 is 0.875. The van der Waals surface area contributed by atoms with Crippen LogP contribution in [0, 0.1) is 0 Å². The maximum atomic E-state index is 5.43. The third-order valence-electron chi connectivity index (χ3n) is 0.996. The number of alkyl halides is 1. The molecule has 0 aliphatic rings. The lowest BCUT2D eigenvalue weighted by Gasteiger charge is -1.90. The molecule has 0 fully saturated rings. The molecule has 1 aromatic heterocycles. The highest BCUT2D eigenvalue weighted by Gasteiger charge is 1.88. The van der Waals surface area contributed by atoms with E-state index in [1.807, 2.05) is 0 Å². The van der Waals surface area contributed by atoms with E-state index in [-0.39, 0.29) is 0 Å². The van der Waals surface area contributed by atoms with Crippen molar-refractivity contribution >= 4 is 33.6 Å². The Labute approximate surface area is 78.4 Å². The first kappa shape index (κ1) is 8.68. The van der Waals surface area contributed by atoms with Crippen LogP contribution in [0.1, 0.15) is 5.82 Å². The molecule has 11 heavy (non-hydrogen) atoms. The third kappa shape index (κ3) is 2.99. The van der Waals surface area contributed by atoms with Crippen molar-refractivity contribution in [3.63, 3.8) is 0 Å². The van der Waals surface area contributed by atoms with E-state index in [9.17, 15) is 0 Å². The Hall–Kier alpha value is -0.410. The molecule has 58 valence electrons. The SMILES string of the molecule is ClCC=Cc1ncc(Br)cn1. The van der Waals surface area contributed by atoms with E-state index in [4.69, 9.17) is 11.6 Å². The molecule has 0 saturated carbocycles. The molecule has 1 rings (SSSR count). The van der Waals surface area contributed by atoms with Gasteiger partial charge < -0.3 is 0 Å². The number of hydrogen-bond donors (Lipinski definition) is 0. The molecule has 0 N–H and O–H groups in total. The second-order valence-corrected chi connectivity index (χ2v) is 3.04. The lowest BCUT2D eigenvalue weighted by molar-refractivity contribution is 1.12. The average Bonchev–Trinajstić information content (AvgIpc) is 2.04. The van der Waals surface area contributed by atoms with Crippen LogP contribution < -0.4 is 0 Å². The fourth-order valence-electron chi connectivity index (χ4n) is 0.558. The number of halogens is 2. The molecule has 0 aromatic carbocycles. The van der Waals surface area contributed by atoms with Crippen LogP contribution in [0.4, 0.5) is 0 Å². The van der Waals surface area contributed by atoms with Gasteiger partial charge in [0.1, 0.15) is 0 Å². The number of rotatable bonds is 2. The zero-order chi connectivity index (χ0) is 8.10. The van der Waals surface area contributed by atoms with Gasteiger partial charge in [0.2, 0.25) is 0 Å². The van der Waals surface area contributed by atoms with Gasteiger partial charge in [-0.1, -0.05) is 6.08 Å². The minimum Gasteiger partial charge on any atom is -0.236 e. The predicted molar refractivity (Wildman–Crippen MR) is 49.5 cm³/mol. The molecular formula is C7H6BrClN2. The van der Waals surface area contributed by atoms with Crippen LogP contribution in [0.15, 0.2) is 22.9 Å². The van der Waals surface area contributed by atoms with Crippen LogP contribution in [-0.4, -0.2) is 15.8 Å². The van der Waals surface area contributed by atoms with E-state index < -0.39 is 0 Å². The second kappa shape index (κ2) is 4.46. The lowest BCUT2D eigenvalue weighted by atomic mass is 10.5. The summed E-state index contributed by atoms with van der Waals surface area (Å²) in [5.41, 5.74) is 0. The topological polar surface area (TPSA) is 25.8 Å². The van der Waals surface area contributed by atoms with Gasteiger partial charge in [-0.25, -0.2) is 9.97 Å². The van der Waals surface area contributed by atoms with E-state index >= 15 is 0 Å². The summed E-state index contributed by atoms with van der Waals surface area (Å²) in [6, 6.07) is 0. The van der Waals surface area contributed by atoms with Gasteiger partial charge in [0, 0.05) is 18.3 Å². The quantitative estimate of drug-likeness (QED) is 0.734. The molecule has 0 aliphatic heterocycles. The van der Waals surface area contributed by atoms with E-state index in [2.05, 4.69) is 25.9 Å². The first-order valence-corrected chi connectivity index (χ1v) is 4.35. The summed E-state index contributed by atoms with van der Waals surface area (Å²) in [6.45, 7) is 0. The Kier molecular flexibility index (Phi) is 3.52. The van der Waals surface area contributed by atoms with Crippen molar-refractivity contribution in [1.82, 2.24) is 9.97 Å². The molecule has 0 atom stereocenters. The van der Waals surface area contributed by atoms with Crippen molar-refractivity contribution in [2.45, 2.75) is 0 Å². The highest BCUT2D eigenvalue weighted by atomic mass is 79.9. The molecule has 0 radical (unpaired) electrons. The minimum absolute atomic E-state index is 0.486. The summed E-state index contributed by atoms with van der Waals surface area (Å²) in [5.74, 6) is 1.16. The molecule has 0 amide bonds. The van der Waals surface area contributed by atoms with Crippen LogP contribution in [0.3, 0.4) is 0 Å². The van der Waals surface area contributed by atoms with Gasteiger partial charge >= 0.3 is 0 Å². The van der Waals surface area contributed by atoms with Crippen molar-refractivity contribution < 1.29 is 0 Å². The van der Waals surface area contributed by atoms with Crippen molar-refractivity contribution in [1.29, 1.82) is 0 Å². The zero-order valence-electron chi connectivity index (χ0n) is 5.67. The number of aromatic nitrogens is 2. The van der Waals surface area contributed by atoms with Crippen LogP contribution in [-0.2, 0) is 0 Å². The summed E-state index contributed by atoms with van der Waals surface area (Å²) >= 11 is 8.67. The van der Waals surface area contributed by atoms with E-state index in [1.165, 1.54) is 0 Å². The van der Waals surface area contributed by atoms with Crippen molar-refractivity contribution in [2.75, 3.05) is 5.88 Å². The fraction of sp³-hybridized carbons (Fsp3) is 0.143. The van der Waals surface area contributed by atoms with Crippen LogP contribution in [0.25, 0.3) is 6.08 Å². The van der Waals surface area contributed by atoms with Crippen molar-refractivity contribution in [3.8, 4) is 0 Å². The van der Waals surface area contributed by atoms with E-state index in [0.29, 0.717) is 11.7 Å². The van der Waals surface area contributed by atoms with Gasteiger partial charge in [0.05, 0.1) is 4.47 Å². The van der Waals surface area contributed by atoms with E-state index in [1.54, 1.807) is 24.5 Å². The molecule has 0 bridgehead atoms. The van der Waals surface area contributed by atoms with Crippen LogP contribution in [0.5, 0.6) is 0 Å². The lowest BCUT2D eigenvalue weighted by Crippen LogP contribution is -1.84. The molecule has 1 heterocycles. The highest BCUT2D eigenvalue weighted by molar-refractivity contribution is 9.10. The first-order chi connectivity index (χ1) is 5.33. The van der Waals surface area contributed by atoms with E-state index in [0.717, 1.165) is 4.47 Å². The Morgan fingerprint density at radius 2 is 2.09 bits per heavy atom. The number of hydrogen-bond acceptors (Lipinski definition) is 2. The standard InChI is InChI=1S/C7H6BrClN2/c8-6-4-10-7(11-5-6)2-1-3-9/h1-2,4-5H,3H2. The smallest absolute Gasteiger partial charge is 0.151 e.